The maximum Gasteiger partial charge on any atom is 0.407 e. The average Bonchev–Trinajstić information content (AvgIpc) is 4.15. The molecule has 322 valence electrons. The summed E-state index contributed by atoms with van der Waals surface area (Å²) in [6, 6.07) is 21.2. The van der Waals surface area contributed by atoms with E-state index in [0.29, 0.717) is 18.2 Å². The number of carbonyl (C=O) groups is 4. The van der Waals surface area contributed by atoms with E-state index in [0.717, 1.165) is 69.5 Å². The van der Waals surface area contributed by atoms with E-state index >= 15 is 0 Å². The number of nitriles is 1. The van der Waals surface area contributed by atoms with Crippen molar-refractivity contribution < 1.29 is 28.7 Å². The summed E-state index contributed by atoms with van der Waals surface area (Å²) in [5.74, 6) is 0.603. The summed E-state index contributed by atoms with van der Waals surface area (Å²) in [7, 11) is 2.56. The summed E-state index contributed by atoms with van der Waals surface area (Å²) in [5.41, 5.74) is 5.71. The molecule has 62 heavy (non-hydrogen) atoms. The van der Waals surface area contributed by atoms with E-state index < -0.39 is 30.3 Å². The second-order valence-corrected chi connectivity index (χ2v) is 17.4. The van der Waals surface area contributed by atoms with Gasteiger partial charge >= 0.3 is 12.2 Å². The fourth-order valence-corrected chi connectivity index (χ4v) is 9.55. The lowest BCUT2D eigenvalue weighted by Crippen LogP contribution is -2.54. The second-order valence-electron chi connectivity index (χ2n) is 17.4. The SMILES string of the molecule is COC(=O)NC(C(=O)N1CC(C#N)CC1c1ncc(-c2ccc3cc(-c4ccc(-c5cnc(C6C7CCC(C7)N6C(=O)C(NC(=O)OC)C(C)C)[nH]5)cc4)ccc3c2)[nH]1)C(C)C. The fraction of sp³-hybridized carbons (Fsp3) is 0.426. The van der Waals surface area contributed by atoms with Crippen LogP contribution in [-0.4, -0.2) is 92.6 Å². The number of imidazole rings is 2. The molecule has 1 aliphatic carbocycles. The van der Waals surface area contributed by atoms with Gasteiger partial charge in [0.15, 0.2) is 0 Å². The zero-order valence-corrected chi connectivity index (χ0v) is 35.8. The van der Waals surface area contributed by atoms with Gasteiger partial charge in [-0.05, 0) is 83.0 Å². The van der Waals surface area contributed by atoms with Crippen molar-refractivity contribution in [1.29, 1.82) is 5.26 Å². The molecular formula is C47H53N9O6. The Balaban J connectivity index is 0.966. The number of ether oxygens (including phenoxy) is 2. The molecular weight excluding hydrogens is 787 g/mol. The first-order valence-corrected chi connectivity index (χ1v) is 21.3. The van der Waals surface area contributed by atoms with Crippen LogP contribution in [-0.2, 0) is 19.1 Å². The van der Waals surface area contributed by atoms with Gasteiger partial charge < -0.3 is 39.9 Å². The third-order valence-electron chi connectivity index (χ3n) is 12.9. The Labute approximate surface area is 360 Å². The average molecular weight is 840 g/mol. The fourth-order valence-electron chi connectivity index (χ4n) is 9.55. The number of hydrogen-bond donors (Lipinski definition) is 4. The molecule has 1 saturated carbocycles. The molecule has 7 atom stereocenters. The van der Waals surface area contributed by atoms with Crippen LogP contribution in [0.4, 0.5) is 9.59 Å². The molecule has 0 radical (unpaired) electrons. The second kappa shape index (κ2) is 17.4. The zero-order valence-electron chi connectivity index (χ0n) is 35.8. The van der Waals surface area contributed by atoms with Gasteiger partial charge in [0.1, 0.15) is 23.7 Å². The quantitative estimate of drug-likeness (QED) is 0.104. The number of nitrogens with one attached hydrogen (secondary N) is 4. The van der Waals surface area contributed by atoms with Gasteiger partial charge in [0.25, 0.3) is 0 Å². The van der Waals surface area contributed by atoms with E-state index in [4.69, 9.17) is 14.5 Å². The maximum absolute atomic E-state index is 14.0. The van der Waals surface area contributed by atoms with Gasteiger partial charge in [-0.3, -0.25) is 9.59 Å². The first kappa shape index (κ1) is 42.0. The summed E-state index contributed by atoms with van der Waals surface area (Å²) >= 11 is 0. The van der Waals surface area contributed by atoms with Crippen LogP contribution in [0.15, 0.2) is 73.1 Å². The van der Waals surface area contributed by atoms with Crippen molar-refractivity contribution >= 4 is 34.8 Å². The number of amides is 4. The highest BCUT2D eigenvalue weighted by molar-refractivity contribution is 5.91. The number of nitrogens with zero attached hydrogens (tertiary/aromatic N) is 5. The van der Waals surface area contributed by atoms with E-state index in [9.17, 15) is 24.4 Å². The lowest BCUT2D eigenvalue weighted by atomic mass is 9.95. The zero-order chi connectivity index (χ0) is 43.8. The van der Waals surface area contributed by atoms with E-state index in [-0.39, 0.29) is 48.2 Å². The van der Waals surface area contributed by atoms with Crippen LogP contribution >= 0.6 is 0 Å². The molecule has 15 heteroatoms. The van der Waals surface area contributed by atoms with Crippen molar-refractivity contribution in [2.45, 2.75) is 83.6 Å². The molecule has 15 nitrogen and oxygen atoms in total. The third kappa shape index (κ3) is 8.09. The molecule has 3 fully saturated rings. The van der Waals surface area contributed by atoms with Gasteiger partial charge in [-0.15, -0.1) is 0 Å². The van der Waals surface area contributed by atoms with E-state index in [2.05, 4.69) is 86.3 Å². The summed E-state index contributed by atoms with van der Waals surface area (Å²) in [6.07, 6.45) is 5.62. The number of likely N-dealkylation sites (tertiary alicyclic amines) is 2. The van der Waals surface area contributed by atoms with Gasteiger partial charge in [0, 0.05) is 18.2 Å². The number of aromatic nitrogens is 4. The summed E-state index contributed by atoms with van der Waals surface area (Å²) in [4.78, 5) is 71.9. The Morgan fingerprint density at radius 1 is 0.726 bits per heavy atom. The molecule has 2 aromatic heterocycles. The molecule has 8 rings (SSSR count). The molecule has 2 aliphatic heterocycles. The Bertz CT molecular complexity index is 2520. The maximum atomic E-state index is 14.0. The number of piperidine rings is 1. The monoisotopic (exact) mass is 839 g/mol. The first-order chi connectivity index (χ1) is 29.9. The van der Waals surface area contributed by atoms with Crippen molar-refractivity contribution in [1.82, 2.24) is 40.4 Å². The summed E-state index contributed by atoms with van der Waals surface area (Å²) < 4.78 is 9.58. The molecule has 0 spiro atoms. The Kier molecular flexibility index (Phi) is 11.8. The molecule has 7 unspecified atom stereocenters. The van der Waals surface area contributed by atoms with E-state index in [1.54, 1.807) is 11.1 Å². The lowest BCUT2D eigenvalue weighted by Gasteiger charge is -2.37. The topological polar surface area (TPSA) is 198 Å². The van der Waals surface area contributed by atoms with Crippen molar-refractivity contribution in [3.05, 3.63) is 84.7 Å². The van der Waals surface area contributed by atoms with Crippen LogP contribution in [0.1, 0.15) is 77.1 Å². The molecule has 2 saturated heterocycles. The smallest absolute Gasteiger partial charge is 0.407 e. The number of alkyl carbamates (subject to hydrolysis) is 2. The molecule has 2 bridgehead atoms. The lowest BCUT2D eigenvalue weighted by molar-refractivity contribution is -0.139. The molecule has 5 aromatic rings. The number of benzene rings is 3. The highest BCUT2D eigenvalue weighted by Crippen LogP contribution is 2.50. The van der Waals surface area contributed by atoms with Crippen LogP contribution in [0.25, 0.3) is 44.4 Å². The number of carbonyl (C=O) groups excluding carboxylic acids is 4. The van der Waals surface area contributed by atoms with E-state index in [1.165, 1.54) is 14.2 Å². The number of aromatic amines is 2. The molecule has 4 N–H and O–H groups in total. The molecule has 4 heterocycles. The molecule has 3 aliphatic rings. The predicted molar refractivity (Wildman–Crippen MR) is 232 cm³/mol. The van der Waals surface area contributed by atoms with Gasteiger partial charge in [-0.25, -0.2) is 19.6 Å². The minimum atomic E-state index is -0.809. The van der Waals surface area contributed by atoms with Crippen molar-refractivity contribution in [3.63, 3.8) is 0 Å². The van der Waals surface area contributed by atoms with Crippen molar-refractivity contribution in [3.8, 4) is 39.7 Å². The standard InChI is InChI=1S/C47H53N9O6/c1-25(2)39(53-46(59)61-5)44(57)55-24-27(21-48)17-38(55)42-49-23-37(51-42)33-14-13-31-18-30(11-12-32(31)19-33)28-7-9-29(10-8-28)36-22-50-43(52-36)41-34-15-16-35(20-34)56(41)45(58)40(26(3)4)54-47(60)62-6/h7-14,18-19,22-23,25-27,34-35,38-41H,15-17,20,24H2,1-6H3,(H,49,51)(H,50,52)(H,53,59)(H,54,60). The normalized spacial score (nSPS) is 21.6. The van der Waals surface area contributed by atoms with Crippen LogP contribution in [0, 0.1) is 35.0 Å². The van der Waals surface area contributed by atoms with Crippen molar-refractivity contribution in [2.24, 2.45) is 23.7 Å². The predicted octanol–water partition coefficient (Wildman–Crippen LogP) is 7.51. The number of fused-ring (bicyclic) bond motifs is 3. The van der Waals surface area contributed by atoms with Gasteiger partial charge in [-0.2, -0.15) is 5.26 Å². The van der Waals surface area contributed by atoms with Crippen molar-refractivity contribution in [2.75, 3.05) is 20.8 Å². The minimum Gasteiger partial charge on any atom is -0.453 e. The van der Waals surface area contributed by atoms with Crippen LogP contribution in [0.2, 0.25) is 0 Å². The Morgan fingerprint density at radius 3 is 1.90 bits per heavy atom. The van der Waals surface area contributed by atoms with Gasteiger partial charge in [-0.1, -0.05) is 76.2 Å². The Hall–Kier alpha value is -6.69. The van der Waals surface area contributed by atoms with Crippen LogP contribution < -0.4 is 10.6 Å². The van der Waals surface area contributed by atoms with Gasteiger partial charge in [0.05, 0.1) is 62.1 Å². The highest BCUT2D eigenvalue weighted by atomic mass is 16.5. The largest absolute Gasteiger partial charge is 0.453 e. The molecule has 3 aromatic carbocycles. The Morgan fingerprint density at radius 2 is 1.27 bits per heavy atom. The molecule has 4 amide bonds. The third-order valence-corrected chi connectivity index (χ3v) is 12.9. The number of methoxy groups -OCH3 is 2. The minimum absolute atomic E-state index is 0.101. The van der Waals surface area contributed by atoms with Crippen LogP contribution in [0.5, 0.6) is 0 Å². The van der Waals surface area contributed by atoms with E-state index in [1.807, 2.05) is 44.9 Å². The van der Waals surface area contributed by atoms with Crippen LogP contribution in [0.3, 0.4) is 0 Å². The number of rotatable bonds is 11. The number of hydrogen-bond acceptors (Lipinski definition) is 9. The van der Waals surface area contributed by atoms with Gasteiger partial charge in [0.2, 0.25) is 11.8 Å². The summed E-state index contributed by atoms with van der Waals surface area (Å²) in [5, 5.41) is 17.3. The first-order valence-electron chi connectivity index (χ1n) is 21.3. The number of H-pyrrole nitrogens is 2. The summed E-state index contributed by atoms with van der Waals surface area (Å²) in [6.45, 7) is 7.80. The highest BCUT2D eigenvalue weighted by Gasteiger charge is 2.51.